The molecule has 1 atom stereocenters. The lowest BCUT2D eigenvalue weighted by atomic mass is 9.97. The van der Waals surface area contributed by atoms with Crippen LogP contribution >= 0.6 is 11.3 Å². The van der Waals surface area contributed by atoms with Crippen LogP contribution in [-0.2, 0) is 6.42 Å². The van der Waals surface area contributed by atoms with Crippen molar-refractivity contribution in [1.29, 1.82) is 0 Å². The number of carbonyl (C=O) groups excluding carboxylic acids is 1. The van der Waals surface area contributed by atoms with Gasteiger partial charge in [0.15, 0.2) is 0 Å². The van der Waals surface area contributed by atoms with E-state index in [1.54, 1.807) is 40.7 Å². The molecule has 3 aromatic rings. The van der Waals surface area contributed by atoms with E-state index in [9.17, 15) is 4.79 Å². The van der Waals surface area contributed by atoms with Crippen molar-refractivity contribution in [3.63, 3.8) is 0 Å². The number of amides is 1. The number of hydrogen-bond donors (Lipinski definition) is 0. The molecule has 1 unspecified atom stereocenters. The summed E-state index contributed by atoms with van der Waals surface area (Å²) in [7, 11) is 0. The number of imidazole rings is 1. The first-order chi connectivity index (χ1) is 11.8. The van der Waals surface area contributed by atoms with E-state index in [2.05, 4.69) is 28.3 Å². The number of aromatic nitrogens is 3. The Morgan fingerprint density at radius 3 is 3.08 bits per heavy atom. The summed E-state index contributed by atoms with van der Waals surface area (Å²) in [5, 5.41) is 2.13. The molecule has 3 aromatic heterocycles. The highest BCUT2D eigenvalue weighted by molar-refractivity contribution is 7.10. The third-order valence-corrected chi connectivity index (χ3v) is 5.50. The van der Waals surface area contributed by atoms with Gasteiger partial charge in [-0.3, -0.25) is 9.36 Å². The predicted octanol–water partition coefficient (Wildman–Crippen LogP) is 3.48. The molecule has 122 valence electrons. The molecule has 4 heterocycles. The first-order valence-corrected chi connectivity index (χ1v) is 8.97. The lowest BCUT2D eigenvalue weighted by Crippen LogP contribution is -2.39. The van der Waals surface area contributed by atoms with Crippen molar-refractivity contribution < 1.29 is 4.79 Å². The fraction of sp³-hybridized carbons (Fsp3) is 0.278. The van der Waals surface area contributed by atoms with E-state index in [1.807, 2.05) is 17.2 Å². The van der Waals surface area contributed by atoms with Gasteiger partial charge in [-0.25, -0.2) is 9.97 Å². The Kier molecular flexibility index (Phi) is 3.90. The maximum absolute atomic E-state index is 13.1. The summed E-state index contributed by atoms with van der Waals surface area (Å²) in [6.45, 7) is 2.91. The summed E-state index contributed by atoms with van der Waals surface area (Å²) in [6, 6.07) is 5.95. The van der Waals surface area contributed by atoms with E-state index in [1.165, 1.54) is 10.4 Å². The largest absolute Gasteiger partial charge is 0.331 e. The van der Waals surface area contributed by atoms with Crippen LogP contribution in [0.5, 0.6) is 0 Å². The minimum Gasteiger partial charge on any atom is -0.331 e. The van der Waals surface area contributed by atoms with Crippen molar-refractivity contribution in [2.75, 3.05) is 6.54 Å². The highest BCUT2D eigenvalue weighted by Gasteiger charge is 2.31. The summed E-state index contributed by atoms with van der Waals surface area (Å²) >= 11 is 1.80. The van der Waals surface area contributed by atoms with E-state index in [0.717, 1.165) is 19.4 Å². The predicted molar refractivity (Wildman–Crippen MR) is 93.5 cm³/mol. The zero-order chi connectivity index (χ0) is 16.5. The van der Waals surface area contributed by atoms with E-state index < -0.39 is 0 Å². The van der Waals surface area contributed by atoms with Gasteiger partial charge < -0.3 is 4.90 Å². The number of nitrogens with zero attached hydrogens (tertiary/aromatic N) is 4. The number of carbonyl (C=O) groups is 1. The molecule has 0 aromatic carbocycles. The van der Waals surface area contributed by atoms with Crippen LogP contribution in [0, 0.1) is 0 Å². The van der Waals surface area contributed by atoms with Crippen LogP contribution in [-0.4, -0.2) is 31.9 Å². The number of rotatable bonds is 3. The van der Waals surface area contributed by atoms with E-state index in [-0.39, 0.29) is 11.9 Å². The van der Waals surface area contributed by atoms with Crippen LogP contribution in [0.1, 0.15) is 40.2 Å². The summed E-state index contributed by atoms with van der Waals surface area (Å²) < 4.78 is 1.81. The second-order valence-corrected chi connectivity index (χ2v) is 6.85. The molecule has 0 saturated carbocycles. The first-order valence-electron chi connectivity index (χ1n) is 8.09. The molecular weight excluding hydrogens is 320 g/mol. The molecule has 0 bridgehead atoms. The van der Waals surface area contributed by atoms with Crippen LogP contribution in [0.15, 0.2) is 48.5 Å². The summed E-state index contributed by atoms with van der Waals surface area (Å²) in [5.74, 6) is 0.780. The standard InChI is InChI=1S/C18H18N4OS/c1-2-15-14-5-10-24-16(14)4-8-22(15)18(23)13-3-6-20-17(11-13)21-9-7-19-12-21/h3,5-7,9-12,15H,2,4,8H2,1H3. The third kappa shape index (κ3) is 2.53. The maximum Gasteiger partial charge on any atom is 0.254 e. The number of pyridine rings is 1. The molecule has 1 aliphatic rings. The van der Waals surface area contributed by atoms with E-state index >= 15 is 0 Å². The quantitative estimate of drug-likeness (QED) is 0.735. The minimum atomic E-state index is 0.0717. The Labute approximate surface area is 144 Å². The number of hydrogen-bond acceptors (Lipinski definition) is 4. The fourth-order valence-corrected chi connectivity index (χ4v) is 4.26. The zero-order valence-electron chi connectivity index (χ0n) is 13.4. The van der Waals surface area contributed by atoms with Crippen LogP contribution in [0.25, 0.3) is 5.82 Å². The van der Waals surface area contributed by atoms with Crippen LogP contribution in [0.4, 0.5) is 0 Å². The Morgan fingerprint density at radius 2 is 2.29 bits per heavy atom. The van der Waals surface area contributed by atoms with Gasteiger partial charge in [-0.2, -0.15) is 0 Å². The molecule has 0 radical (unpaired) electrons. The molecule has 0 fully saturated rings. The molecule has 6 heteroatoms. The molecule has 4 rings (SSSR count). The average Bonchev–Trinajstić information content (AvgIpc) is 3.31. The van der Waals surface area contributed by atoms with Crippen molar-refractivity contribution in [3.8, 4) is 5.82 Å². The van der Waals surface area contributed by atoms with Gasteiger partial charge in [0.1, 0.15) is 12.1 Å². The van der Waals surface area contributed by atoms with Crippen molar-refractivity contribution in [2.24, 2.45) is 0 Å². The average molecular weight is 338 g/mol. The van der Waals surface area contributed by atoms with E-state index in [0.29, 0.717) is 11.4 Å². The lowest BCUT2D eigenvalue weighted by molar-refractivity contribution is 0.0657. The lowest BCUT2D eigenvalue weighted by Gasteiger charge is -2.35. The molecule has 24 heavy (non-hydrogen) atoms. The molecule has 1 amide bonds. The second-order valence-electron chi connectivity index (χ2n) is 5.84. The minimum absolute atomic E-state index is 0.0717. The monoisotopic (exact) mass is 338 g/mol. The number of thiophene rings is 1. The molecule has 0 aliphatic carbocycles. The molecule has 1 aliphatic heterocycles. The SMILES string of the molecule is CCC1c2ccsc2CCN1C(=O)c1ccnc(-n2ccnc2)c1. The van der Waals surface area contributed by atoms with Gasteiger partial charge in [0, 0.05) is 35.6 Å². The molecule has 0 spiro atoms. The van der Waals surface area contributed by atoms with Crippen LogP contribution in [0.3, 0.4) is 0 Å². The van der Waals surface area contributed by atoms with Gasteiger partial charge in [0.2, 0.25) is 0 Å². The van der Waals surface area contributed by atoms with Crippen molar-refractivity contribution >= 4 is 17.2 Å². The van der Waals surface area contributed by atoms with Crippen LogP contribution < -0.4 is 0 Å². The van der Waals surface area contributed by atoms with Gasteiger partial charge in [0.25, 0.3) is 5.91 Å². The van der Waals surface area contributed by atoms with Gasteiger partial charge in [0.05, 0.1) is 6.04 Å². The van der Waals surface area contributed by atoms with Crippen LogP contribution in [0.2, 0.25) is 0 Å². The normalized spacial score (nSPS) is 16.9. The van der Waals surface area contributed by atoms with Gasteiger partial charge >= 0.3 is 0 Å². The molecule has 0 saturated heterocycles. The molecule has 0 N–H and O–H groups in total. The Hall–Kier alpha value is -2.47. The first kappa shape index (κ1) is 15.1. The van der Waals surface area contributed by atoms with Crippen molar-refractivity contribution in [3.05, 3.63) is 64.5 Å². The van der Waals surface area contributed by atoms with Gasteiger partial charge in [-0.1, -0.05) is 6.92 Å². The fourth-order valence-electron chi connectivity index (χ4n) is 3.33. The van der Waals surface area contributed by atoms with Gasteiger partial charge in [-0.05, 0) is 42.0 Å². The smallest absolute Gasteiger partial charge is 0.254 e. The zero-order valence-corrected chi connectivity index (χ0v) is 14.2. The Morgan fingerprint density at radius 1 is 1.38 bits per heavy atom. The maximum atomic E-state index is 13.1. The topological polar surface area (TPSA) is 51.0 Å². The van der Waals surface area contributed by atoms with Crippen molar-refractivity contribution in [2.45, 2.75) is 25.8 Å². The van der Waals surface area contributed by atoms with Gasteiger partial charge in [-0.15, -0.1) is 11.3 Å². The van der Waals surface area contributed by atoms with E-state index in [4.69, 9.17) is 0 Å². The summed E-state index contributed by atoms with van der Waals surface area (Å²) in [6.07, 6.45) is 8.76. The summed E-state index contributed by atoms with van der Waals surface area (Å²) in [4.78, 5) is 24.9. The Bertz CT molecular complexity index is 856. The number of fused-ring (bicyclic) bond motifs is 1. The second kappa shape index (κ2) is 6.20. The molecular formula is C18H18N4OS. The summed E-state index contributed by atoms with van der Waals surface area (Å²) in [5.41, 5.74) is 1.98. The molecule has 5 nitrogen and oxygen atoms in total. The Balaban J connectivity index is 1.65. The highest BCUT2D eigenvalue weighted by Crippen LogP contribution is 2.36. The van der Waals surface area contributed by atoms with Crippen molar-refractivity contribution in [1.82, 2.24) is 19.4 Å². The highest BCUT2D eigenvalue weighted by atomic mass is 32.1. The third-order valence-electron chi connectivity index (χ3n) is 4.50.